The number of carbonyl (C=O) groups excluding carboxylic acids is 2. The van der Waals surface area contributed by atoms with Gasteiger partial charge in [-0.3, -0.25) is 20.4 Å². The average molecular weight is 431 g/mol. The van der Waals surface area contributed by atoms with Crippen LogP contribution < -0.4 is 21.9 Å². The fourth-order valence-corrected chi connectivity index (χ4v) is 3.37. The van der Waals surface area contributed by atoms with Crippen molar-refractivity contribution >= 4 is 28.9 Å². The minimum atomic E-state index is -0.0794. The van der Waals surface area contributed by atoms with E-state index < -0.39 is 0 Å². The number of nitrogen functional groups attached to an aromatic ring is 1. The molecule has 2 amide bonds. The van der Waals surface area contributed by atoms with Crippen LogP contribution in [0.3, 0.4) is 0 Å². The summed E-state index contributed by atoms with van der Waals surface area (Å²) < 4.78 is 0. The van der Waals surface area contributed by atoms with Gasteiger partial charge in [0, 0.05) is 18.5 Å². The van der Waals surface area contributed by atoms with Crippen molar-refractivity contribution in [2.45, 2.75) is 38.5 Å². The van der Waals surface area contributed by atoms with E-state index in [2.05, 4.69) is 16.2 Å². The Balaban J connectivity index is 1.29. The number of carbonyl (C=O) groups is 2. The van der Waals surface area contributed by atoms with Gasteiger partial charge in [-0.05, 0) is 48.2 Å². The van der Waals surface area contributed by atoms with E-state index >= 15 is 0 Å². The molecule has 0 heterocycles. The second-order valence-corrected chi connectivity index (χ2v) is 7.67. The Morgan fingerprint density at radius 1 is 0.688 bits per heavy atom. The first-order chi connectivity index (χ1) is 15.6. The Labute approximate surface area is 189 Å². The van der Waals surface area contributed by atoms with Crippen LogP contribution in [-0.4, -0.2) is 11.8 Å². The van der Waals surface area contributed by atoms with Gasteiger partial charge in [-0.25, -0.2) is 0 Å². The summed E-state index contributed by atoms with van der Waals surface area (Å²) in [6.07, 6.45) is 4.28. The molecule has 0 aliphatic rings. The normalized spacial score (nSPS) is 10.4. The second kappa shape index (κ2) is 12.2. The fraction of sp³-hybridized carbons (Fsp3) is 0.231. The summed E-state index contributed by atoms with van der Waals surface area (Å²) in [4.78, 5) is 24.2. The molecule has 6 nitrogen and oxygen atoms in total. The molecule has 0 saturated carbocycles. The van der Waals surface area contributed by atoms with Crippen LogP contribution in [0.4, 0.5) is 17.1 Å². The molecule has 0 aromatic heterocycles. The van der Waals surface area contributed by atoms with Gasteiger partial charge >= 0.3 is 0 Å². The predicted octanol–water partition coefficient (Wildman–Crippen LogP) is 5.36. The van der Waals surface area contributed by atoms with E-state index in [1.807, 2.05) is 66.7 Å². The predicted molar refractivity (Wildman–Crippen MR) is 131 cm³/mol. The number of nitrogens with two attached hydrogens (primary N) is 1. The summed E-state index contributed by atoms with van der Waals surface area (Å²) in [5, 5.41) is 2.98. The molecule has 6 heteroatoms. The number of unbranched alkanes of at least 4 members (excludes halogenated alkanes) is 3. The minimum absolute atomic E-state index is 0.0117. The Kier molecular flexibility index (Phi) is 8.69. The maximum absolute atomic E-state index is 12.3. The molecule has 0 fully saturated rings. The summed E-state index contributed by atoms with van der Waals surface area (Å²) in [5.74, 6) is -0.0677. The summed E-state index contributed by atoms with van der Waals surface area (Å²) in [7, 11) is 0. The first-order valence-corrected chi connectivity index (χ1v) is 11.0. The van der Waals surface area contributed by atoms with Crippen molar-refractivity contribution in [3.8, 4) is 11.1 Å². The van der Waals surface area contributed by atoms with Gasteiger partial charge in [-0.1, -0.05) is 67.4 Å². The number of benzene rings is 3. The third kappa shape index (κ3) is 7.47. The van der Waals surface area contributed by atoms with Crippen molar-refractivity contribution in [1.29, 1.82) is 0 Å². The van der Waals surface area contributed by atoms with E-state index in [0.717, 1.165) is 42.5 Å². The van der Waals surface area contributed by atoms with E-state index in [0.29, 0.717) is 24.2 Å². The van der Waals surface area contributed by atoms with Gasteiger partial charge < -0.3 is 11.1 Å². The van der Waals surface area contributed by atoms with Crippen LogP contribution in [-0.2, 0) is 9.59 Å². The Bertz CT molecular complexity index is 1020. The maximum atomic E-state index is 12.3. The third-order valence-electron chi connectivity index (χ3n) is 5.11. The molecule has 3 aromatic rings. The molecular formula is C26H30N4O2. The summed E-state index contributed by atoms with van der Waals surface area (Å²) >= 11 is 0. The van der Waals surface area contributed by atoms with Gasteiger partial charge in [0.05, 0.1) is 11.4 Å². The van der Waals surface area contributed by atoms with Gasteiger partial charge in [-0.2, -0.15) is 0 Å². The standard InChI is InChI=1S/C26H30N4O2/c27-23-15-8-9-16-24(23)29-30-26(32)18-7-2-1-6-17-25(31)28-22-14-10-13-21(19-22)20-11-4-3-5-12-20/h3-5,8-16,19,29H,1-2,6-7,17-18,27H2,(H,28,31)(H,30,32). The molecule has 3 rings (SSSR count). The van der Waals surface area contributed by atoms with Crippen molar-refractivity contribution in [2.75, 3.05) is 16.5 Å². The van der Waals surface area contributed by atoms with Gasteiger partial charge in [0.1, 0.15) is 0 Å². The molecule has 0 spiro atoms. The van der Waals surface area contributed by atoms with Crippen molar-refractivity contribution in [3.05, 3.63) is 78.9 Å². The van der Waals surface area contributed by atoms with E-state index in [4.69, 9.17) is 5.73 Å². The lowest BCUT2D eigenvalue weighted by Crippen LogP contribution is -2.29. The van der Waals surface area contributed by atoms with Crippen LogP contribution in [0.1, 0.15) is 38.5 Å². The SMILES string of the molecule is Nc1ccccc1NNC(=O)CCCCCCC(=O)Nc1cccc(-c2ccccc2)c1. The molecule has 32 heavy (non-hydrogen) atoms. The number of amides is 2. The van der Waals surface area contributed by atoms with Crippen LogP contribution in [0, 0.1) is 0 Å². The molecule has 3 aromatic carbocycles. The number of anilines is 3. The number of para-hydroxylation sites is 2. The first-order valence-electron chi connectivity index (χ1n) is 11.0. The zero-order chi connectivity index (χ0) is 22.6. The molecule has 0 atom stereocenters. The smallest absolute Gasteiger partial charge is 0.238 e. The molecule has 0 radical (unpaired) electrons. The quantitative estimate of drug-likeness (QED) is 0.187. The number of hydrogen-bond donors (Lipinski definition) is 4. The van der Waals surface area contributed by atoms with Gasteiger partial charge in [-0.15, -0.1) is 0 Å². The second-order valence-electron chi connectivity index (χ2n) is 7.67. The Morgan fingerprint density at radius 2 is 1.34 bits per heavy atom. The summed E-state index contributed by atoms with van der Waals surface area (Å²) in [6, 6.07) is 25.2. The number of hydrazine groups is 1. The van der Waals surface area contributed by atoms with Crippen molar-refractivity contribution < 1.29 is 9.59 Å². The highest BCUT2D eigenvalue weighted by Gasteiger charge is 2.05. The molecule has 0 unspecified atom stereocenters. The monoisotopic (exact) mass is 430 g/mol. The topological polar surface area (TPSA) is 96.2 Å². The molecule has 5 N–H and O–H groups in total. The number of nitrogens with one attached hydrogen (secondary N) is 3. The molecule has 0 aliphatic heterocycles. The summed E-state index contributed by atoms with van der Waals surface area (Å²) in [6.45, 7) is 0. The highest BCUT2D eigenvalue weighted by atomic mass is 16.2. The molecule has 0 saturated heterocycles. The summed E-state index contributed by atoms with van der Waals surface area (Å²) in [5.41, 5.74) is 15.6. The lowest BCUT2D eigenvalue weighted by atomic mass is 10.1. The maximum Gasteiger partial charge on any atom is 0.238 e. The van der Waals surface area contributed by atoms with E-state index in [-0.39, 0.29) is 11.8 Å². The Hall–Kier alpha value is -3.80. The highest BCUT2D eigenvalue weighted by Crippen LogP contribution is 2.22. The molecule has 166 valence electrons. The van der Waals surface area contributed by atoms with Crippen LogP contribution in [0.25, 0.3) is 11.1 Å². The lowest BCUT2D eigenvalue weighted by molar-refractivity contribution is -0.120. The minimum Gasteiger partial charge on any atom is -0.397 e. The van der Waals surface area contributed by atoms with Crippen LogP contribution in [0.5, 0.6) is 0 Å². The van der Waals surface area contributed by atoms with E-state index in [1.165, 1.54) is 0 Å². The zero-order valence-corrected chi connectivity index (χ0v) is 18.1. The van der Waals surface area contributed by atoms with Gasteiger partial charge in [0.15, 0.2) is 0 Å². The fourth-order valence-electron chi connectivity index (χ4n) is 3.37. The van der Waals surface area contributed by atoms with Gasteiger partial charge in [0.2, 0.25) is 11.8 Å². The van der Waals surface area contributed by atoms with Crippen molar-refractivity contribution in [2.24, 2.45) is 0 Å². The van der Waals surface area contributed by atoms with E-state index in [1.54, 1.807) is 12.1 Å². The van der Waals surface area contributed by atoms with Crippen LogP contribution in [0.15, 0.2) is 78.9 Å². The van der Waals surface area contributed by atoms with E-state index in [9.17, 15) is 9.59 Å². The number of hydrogen-bond acceptors (Lipinski definition) is 4. The van der Waals surface area contributed by atoms with Crippen LogP contribution in [0.2, 0.25) is 0 Å². The average Bonchev–Trinajstić information content (AvgIpc) is 2.81. The van der Waals surface area contributed by atoms with Crippen LogP contribution >= 0.6 is 0 Å². The Morgan fingerprint density at radius 3 is 2.09 bits per heavy atom. The lowest BCUT2D eigenvalue weighted by Gasteiger charge is -2.10. The van der Waals surface area contributed by atoms with Crippen molar-refractivity contribution in [3.63, 3.8) is 0 Å². The van der Waals surface area contributed by atoms with Gasteiger partial charge in [0.25, 0.3) is 0 Å². The molecule has 0 aliphatic carbocycles. The zero-order valence-electron chi connectivity index (χ0n) is 18.1. The van der Waals surface area contributed by atoms with Crippen molar-refractivity contribution in [1.82, 2.24) is 5.43 Å². The highest BCUT2D eigenvalue weighted by molar-refractivity contribution is 5.91. The number of rotatable bonds is 11. The molecule has 0 bridgehead atoms. The molecular weight excluding hydrogens is 400 g/mol. The third-order valence-corrected chi connectivity index (χ3v) is 5.11. The first kappa shape index (κ1) is 22.9. The largest absolute Gasteiger partial charge is 0.397 e.